The molecule has 0 aliphatic rings. The number of halogens is 3. The molecule has 0 rings (SSSR count). The van der Waals surface area contributed by atoms with Gasteiger partial charge in [0.05, 0.1) is 0 Å². The number of alkyl halides is 3. The van der Waals surface area contributed by atoms with Gasteiger partial charge in [-0.1, -0.05) is 0 Å². The van der Waals surface area contributed by atoms with Gasteiger partial charge in [0.1, 0.15) is 0 Å². The highest BCUT2D eigenvalue weighted by molar-refractivity contribution is 14.2. The zero-order valence-corrected chi connectivity index (χ0v) is 6.95. The molecule has 3 heteroatoms. The minimum atomic E-state index is -1.06. The van der Waals surface area contributed by atoms with E-state index in [2.05, 4.69) is 0 Å². The van der Waals surface area contributed by atoms with Gasteiger partial charge in [-0.15, -0.1) is 0 Å². The minimum absolute atomic E-state index is 1.06. The van der Waals surface area contributed by atoms with Crippen LogP contribution in [-0.2, 0) is 0 Å². The fourth-order valence-corrected chi connectivity index (χ4v) is 0. The van der Waals surface area contributed by atoms with Crippen molar-refractivity contribution in [3.63, 3.8) is 0 Å². The molecule has 0 aromatic rings. The summed E-state index contributed by atoms with van der Waals surface area (Å²) in [5.74, 6) is 0. The van der Waals surface area contributed by atoms with E-state index in [1.54, 1.807) is 45.2 Å². The summed E-state index contributed by atoms with van der Waals surface area (Å²) in [6.07, 6.45) is 0. The maximum Gasteiger partial charge on any atom is 0.207 e. The molecule has 0 aliphatic heterocycles. The second-order valence-electron chi connectivity index (χ2n) is 0.781. The SMILES string of the molecule is CC(F)(I)I. The summed E-state index contributed by atoms with van der Waals surface area (Å²) in [7, 11) is 0. The highest BCUT2D eigenvalue weighted by atomic mass is 127. The molecule has 0 atom stereocenters. The Morgan fingerprint density at radius 3 is 1.60 bits per heavy atom. The van der Waals surface area contributed by atoms with E-state index in [-0.39, 0.29) is 0 Å². The van der Waals surface area contributed by atoms with Crippen LogP contribution >= 0.6 is 45.2 Å². The van der Waals surface area contributed by atoms with Crippen LogP contribution in [0.1, 0.15) is 6.92 Å². The van der Waals surface area contributed by atoms with Crippen LogP contribution in [0.5, 0.6) is 0 Å². The Bertz CT molecular complexity index is 23.1. The number of rotatable bonds is 0. The highest BCUT2D eigenvalue weighted by Gasteiger charge is 2.08. The van der Waals surface area contributed by atoms with Crippen LogP contribution in [0, 0.1) is 0 Å². The summed E-state index contributed by atoms with van der Waals surface area (Å²) < 4.78 is 10.6. The molecule has 0 heterocycles. The van der Waals surface area contributed by atoms with Crippen molar-refractivity contribution in [1.29, 1.82) is 0 Å². The summed E-state index contributed by atoms with van der Waals surface area (Å²) in [6.45, 7) is 1.49. The summed E-state index contributed by atoms with van der Waals surface area (Å²) in [5, 5.41) is 0. The Balaban J connectivity index is 3.02. The highest BCUT2D eigenvalue weighted by Crippen LogP contribution is 2.26. The average molecular weight is 300 g/mol. The third kappa shape index (κ3) is 32.1. The van der Waals surface area contributed by atoms with Crippen molar-refractivity contribution < 1.29 is 4.39 Å². The molecule has 0 nitrogen and oxygen atoms in total. The van der Waals surface area contributed by atoms with Crippen molar-refractivity contribution in [2.45, 2.75) is 8.61 Å². The molecular weight excluding hydrogens is 297 g/mol. The van der Waals surface area contributed by atoms with Crippen LogP contribution in [0.25, 0.3) is 0 Å². The first-order chi connectivity index (χ1) is 2.00. The van der Waals surface area contributed by atoms with Crippen molar-refractivity contribution in [2.24, 2.45) is 0 Å². The maximum atomic E-state index is 11.7. The van der Waals surface area contributed by atoms with Crippen LogP contribution in [0.4, 0.5) is 4.39 Å². The van der Waals surface area contributed by atoms with Crippen molar-refractivity contribution >= 4 is 45.2 Å². The van der Waals surface area contributed by atoms with Crippen molar-refractivity contribution in [1.82, 2.24) is 0 Å². The Labute approximate surface area is 57.8 Å². The molecule has 0 saturated carbocycles. The fourth-order valence-electron chi connectivity index (χ4n) is 0. The van der Waals surface area contributed by atoms with Crippen LogP contribution in [0.2, 0.25) is 0 Å². The predicted octanol–water partition coefficient (Wildman–Crippen LogP) is 2.50. The van der Waals surface area contributed by atoms with Gasteiger partial charge in [-0.05, 0) is 52.1 Å². The van der Waals surface area contributed by atoms with Gasteiger partial charge in [-0.2, -0.15) is 0 Å². The molecule has 0 radical (unpaired) electrons. The molecule has 0 aromatic carbocycles. The molecule has 5 heavy (non-hydrogen) atoms. The maximum absolute atomic E-state index is 11.7. The van der Waals surface area contributed by atoms with E-state index in [0.29, 0.717) is 0 Å². The first-order valence-corrected chi connectivity index (χ1v) is 3.22. The number of hydrogen-bond acceptors (Lipinski definition) is 0. The van der Waals surface area contributed by atoms with E-state index in [1.165, 1.54) is 6.92 Å². The Kier molecular flexibility index (Phi) is 2.43. The monoisotopic (exact) mass is 300 g/mol. The molecule has 32 valence electrons. The van der Waals surface area contributed by atoms with Crippen LogP contribution in [0.3, 0.4) is 0 Å². The molecule has 0 unspecified atom stereocenters. The third-order valence-corrected chi connectivity index (χ3v) is 0. The van der Waals surface area contributed by atoms with Crippen LogP contribution < -0.4 is 0 Å². The van der Waals surface area contributed by atoms with Crippen molar-refractivity contribution in [2.75, 3.05) is 0 Å². The lowest BCUT2D eigenvalue weighted by Gasteiger charge is -1.94. The molecule has 0 saturated heterocycles. The Hall–Kier alpha value is 1.39. The normalized spacial score (nSPS) is 12.0. The second-order valence-corrected chi connectivity index (χ2v) is 6.90. The van der Waals surface area contributed by atoms with Crippen LogP contribution in [0.15, 0.2) is 0 Å². The first kappa shape index (κ1) is 6.39. The van der Waals surface area contributed by atoms with Gasteiger partial charge in [0, 0.05) is 0 Å². The van der Waals surface area contributed by atoms with Gasteiger partial charge in [0.25, 0.3) is 0 Å². The lowest BCUT2D eigenvalue weighted by molar-refractivity contribution is 0.485. The standard InChI is InChI=1S/C2H3FI2/c1-2(3,4)5/h1H3. The van der Waals surface area contributed by atoms with E-state index in [1.807, 2.05) is 0 Å². The molecule has 0 amide bonds. The largest absolute Gasteiger partial charge is 0.221 e. The van der Waals surface area contributed by atoms with Crippen LogP contribution in [-0.4, -0.2) is 1.68 Å². The van der Waals surface area contributed by atoms with E-state index in [0.717, 1.165) is 0 Å². The molecular formula is C2H3FI2. The summed E-state index contributed by atoms with van der Waals surface area (Å²) in [4.78, 5) is 0. The molecule has 0 spiro atoms. The average Bonchev–Trinajstić information content (AvgIpc) is 0.722. The Morgan fingerprint density at radius 1 is 1.60 bits per heavy atom. The lowest BCUT2D eigenvalue weighted by Crippen LogP contribution is -1.87. The zero-order valence-electron chi connectivity index (χ0n) is 2.63. The molecule has 0 bridgehead atoms. The third-order valence-electron chi connectivity index (χ3n) is 0. The minimum Gasteiger partial charge on any atom is -0.221 e. The van der Waals surface area contributed by atoms with E-state index in [9.17, 15) is 4.39 Å². The van der Waals surface area contributed by atoms with E-state index >= 15 is 0 Å². The van der Waals surface area contributed by atoms with Gasteiger partial charge in [0.15, 0.2) is 0 Å². The van der Waals surface area contributed by atoms with E-state index < -0.39 is 1.68 Å². The van der Waals surface area contributed by atoms with Crippen molar-refractivity contribution in [3.05, 3.63) is 0 Å². The molecule has 0 aromatic heterocycles. The quantitative estimate of drug-likeness (QED) is 0.476. The smallest absolute Gasteiger partial charge is 0.207 e. The zero-order chi connectivity index (χ0) is 4.50. The van der Waals surface area contributed by atoms with E-state index in [4.69, 9.17) is 0 Å². The second kappa shape index (κ2) is 1.90. The predicted molar refractivity (Wildman–Crippen MR) is 37.6 cm³/mol. The van der Waals surface area contributed by atoms with Gasteiger partial charge >= 0.3 is 0 Å². The van der Waals surface area contributed by atoms with Gasteiger partial charge in [-0.3, -0.25) is 0 Å². The van der Waals surface area contributed by atoms with Gasteiger partial charge in [0.2, 0.25) is 1.68 Å². The topological polar surface area (TPSA) is 0 Å². The molecule has 0 fully saturated rings. The summed E-state index contributed by atoms with van der Waals surface area (Å²) in [6, 6.07) is 0. The fraction of sp³-hybridized carbons (Fsp3) is 1.00. The van der Waals surface area contributed by atoms with Crippen molar-refractivity contribution in [3.8, 4) is 0 Å². The summed E-state index contributed by atoms with van der Waals surface area (Å²) in [5.41, 5.74) is 0. The lowest BCUT2D eigenvalue weighted by atomic mass is 10.9. The molecule has 0 aliphatic carbocycles. The first-order valence-electron chi connectivity index (χ1n) is 1.07. The van der Waals surface area contributed by atoms with Gasteiger partial charge in [-0.25, -0.2) is 4.39 Å². The number of hydrogen-bond donors (Lipinski definition) is 0. The summed E-state index contributed by atoms with van der Waals surface area (Å²) >= 11 is 3.40. The Morgan fingerprint density at radius 2 is 1.60 bits per heavy atom. The molecule has 0 N–H and O–H groups in total. The van der Waals surface area contributed by atoms with Gasteiger partial charge < -0.3 is 0 Å².